The molecule has 3 rings (SSSR count). The van der Waals surface area contributed by atoms with Crippen LogP contribution in [0.3, 0.4) is 0 Å². The van der Waals surface area contributed by atoms with E-state index in [1.54, 1.807) is 17.5 Å². The van der Waals surface area contributed by atoms with Crippen LogP contribution in [-0.4, -0.2) is 4.98 Å². The minimum Gasteiger partial charge on any atom is -0.248 e. The molecule has 2 aromatic heterocycles. The maximum atomic E-state index is 4.22. The molecule has 2 heteroatoms. The van der Waals surface area contributed by atoms with Crippen molar-refractivity contribution in [2.45, 2.75) is 6.92 Å². The average Bonchev–Trinajstić information content (AvgIpc) is 2.73. The summed E-state index contributed by atoms with van der Waals surface area (Å²) in [4.78, 5) is 5.48. The first kappa shape index (κ1) is 11.0. The number of pyridine rings is 1. The number of fused-ring (bicyclic) bond motifs is 1. The van der Waals surface area contributed by atoms with Crippen LogP contribution in [0.15, 0.2) is 48.7 Å². The van der Waals surface area contributed by atoms with Crippen molar-refractivity contribution >= 4 is 21.4 Å². The van der Waals surface area contributed by atoms with Crippen molar-refractivity contribution < 1.29 is 0 Å². The molecule has 0 saturated carbocycles. The lowest BCUT2D eigenvalue weighted by atomic mass is 10.1. The van der Waals surface area contributed by atoms with E-state index in [1.807, 2.05) is 18.2 Å². The molecule has 0 radical (unpaired) electrons. The van der Waals surface area contributed by atoms with Crippen LogP contribution in [0.2, 0.25) is 0 Å². The number of thiophene rings is 1. The molecule has 0 N–H and O–H groups in total. The lowest BCUT2D eigenvalue weighted by Gasteiger charge is -1.90. The first-order valence-corrected chi connectivity index (χ1v) is 6.57. The van der Waals surface area contributed by atoms with Gasteiger partial charge in [-0.15, -0.1) is 11.3 Å². The zero-order valence-corrected chi connectivity index (χ0v) is 10.8. The summed E-state index contributed by atoms with van der Waals surface area (Å²) in [5, 5.41) is 1.24. The third kappa shape index (κ3) is 2.01. The lowest BCUT2D eigenvalue weighted by Crippen LogP contribution is -1.80. The zero-order chi connectivity index (χ0) is 12.4. The Balaban J connectivity index is 2.11. The number of hydrogen-bond acceptors (Lipinski definition) is 2. The van der Waals surface area contributed by atoms with Crippen molar-refractivity contribution in [3.63, 3.8) is 0 Å². The van der Waals surface area contributed by atoms with Crippen LogP contribution >= 0.6 is 11.3 Å². The minimum absolute atomic E-state index is 0.812. The predicted molar refractivity (Wildman–Crippen MR) is 76.8 cm³/mol. The maximum Gasteiger partial charge on any atom is 0.113 e. The van der Waals surface area contributed by atoms with Crippen molar-refractivity contribution in [1.29, 1.82) is 0 Å². The van der Waals surface area contributed by atoms with Crippen LogP contribution in [0.25, 0.3) is 10.1 Å². The van der Waals surface area contributed by atoms with E-state index in [1.165, 1.54) is 15.0 Å². The summed E-state index contributed by atoms with van der Waals surface area (Å²) in [6.07, 6.45) is 1.77. The standard InChI is InChI=1S/C16H11NS/c1-12-14(10-9-13-6-4-5-11-17-13)15-7-2-3-8-16(15)18-12/h2-8,11H,1H3. The monoisotopic (exact) mass is 249 g/mol. The van der Waals surface area contributed by atoms with Gasteiger partial charge in [-0.25, -0.2) is 4.98 Å². The van der Waals surface area contributed by atoms with Gasteiger partial charge in [0.15, 0.2) is 0 Å². The number of benzene rings is 1. The van der Waals surface area contributed by atoms with E-state index < -0.39 is 0 Å². The van der Waals surface area contributed by atoms with Gasteiger partial charge < -0.3 is 0 Å². The Morgan fingerprint density at radius 3 is 2.67 bits per heavy atom. The molecule has 0 bridgehead atoms. The van der Waals surface area contributed by atoms with Gasteiger partial charge >= 0.3 is 0 Å². The van der Waals surface area contributed by atoms with Crippen molar-refractivity contribution in [1.82, 2.24) is 4.98 Å². The lowest BCUT2D eigenvalue weighted by molar-refractivity contribution is 1.29. The summed E-state index contributed by atoms with van der Waals surface area (Å²) < 4.78 is 1.29. The Hall–Kier alpha value is -2.11. The molecule has 0 fully saturated rings. The van der Waals surface area contributed by atoms with Gasteiger partial charge in [-0.2, -0.15) is 0 Å². The second kappa shape index (κ2) is 4.64. The smallest absolute Gasteiger partial charge is 0.113 e. The topological polar surface area (TPSA) is 12.9 Å². The highest BCUT2D eigenvalue weighted by Crippen LogP contribution is 2.29. The van der Waals surface area contributed by atoms with Gasteiger partial charge in [0.1, 0.15) is 5.69 Å². The molecular weight excluding hydrogens is 238 g/mol. The number of rotatable bonds is 0. The minimum atomic E-state index is 0.812. The van der Waals surface area contributed by atoms with Gasteiger partial charge in [0.25, 0.3) is 0 Å². The molecule has 0 amide bonds. The van der Waals surface area contributed by atoms with Crippen LogP contribution in [0, 0.1) is 18.8 Å². The SMILES string of the molecule is Cc1sc2ccccc2c1C#Cc1ccccn1. The van der Waals surface area contributed by atoms with Crippen molar-refractivity contribution in [3.8, 4) is 11.8 Å². The van der Waals surface area contributed by atoms with Gasteiger partial charge in [0.05, 0.1) is 0 Å². The van der Waals surface area contributed by atoms with E-state index in [-0.39, 0.29) is 0 Å². The van der Waals surface area contributed by atoms with E-state index >= 15 is 0 Å². The van der Waals surface area contributed by atoms with Gasteiger partial charge in [0.2, 0.25) is 0 Å². The third-order valence-corrected chi connectivity index (χ3v) is 3.84. The van der Waals surface area contributed by atoms with E-state index in [2.05, 4.69) is 48.0 Å². The van der Waals surface area contributed by atoms with Gasteiger partial charge in [-0.1, -0.05) is 30.2 Å². The maximum absolute atomic E-state index is 4.22. The highest BCUT2D eigenvalue weighted by Gasteiger charge is 2.05. The van der Waals surface area contributed by atoms with Crippen molar-refractivity contribution in [3.05, 3.63) is 64.8 Å². The molecule has 86 valence electrons. The molecule has 0 unspecified atom stereocenters. The Morgan fingerprint density at radius 1 is 1.00 bits per heavy atom. The first-order chi connectivity index (χ1) is 8.84. The molecule has 0 atom stereocenters. The van der Waals surface area contributed by atoms with E-state index in [4.69, 9.17) is 0 Å². The Bertz CT molecular complexity index is 745. The van der Waals surface area contributed by atoms with Crippen LogP contribution in [0.1, 0.15) is 16.1 Å². The fourth-order valence-electron chi connectivity index (χ4n) is 1.89. The Kier molecular flexibility index (Phi) is 2.84. The molecule has 1 aromatic carbocycles. The molecule has 0 aliphatic carbocycles. The van der Waals surface area contributed by atoms with E-state index in [9.17, 15) is 0 Å². The molecule has 0 aliphatic heterocycles. The summed E-state index contributed by atoms with van der Waals surface area (Å²) in [5.41, 5.74) is 1.94. The molecule has 2 heterocycles. The second-order valence-corrected chi connectivity index (χ2v) is 5.25. The van der Waals surface area contributed by atoms with E-state index in [0.717, 1.165) is 11.3 Å². The molecule has 0 spiro atoms. The normalized spacial score (nSPS) is 10.1. The fraction of sp³-hybridized carbons (Fsp3) is 0.0625. The van der Waals surface area contributed by atoms with Crippen molar-refractivity contribution in [2.24, 2.45) is 0 Å². The quantitative estimate of drug-likeness (QED) is 0.549. The number of hydrogen-bond donors (Lipinski definition) is 0. The summed E-state index contributed by atoms with van der Waals surface area (Å²) in [5.74, 6) is 6.38. The number of aryl methyl sites for hydroxylation is 1. The Labute approximate surface area is 110 Å². The van der Waals surface area contributed by atoms with Crippen LogP contribution < -0.4 is 0 Å². The summed E-state index contributed by atoms with van der Waals surface area (Å²) in [6, 6.07) is 14.2. The third-order valence-electron chi connectivity index (χ3n) is 2.75. The van der Waals surface area contributed by atoms with Crippen LogP contribution in [-0.2, 0) is 0 Å². The van der Waals surface area contributed by atoms with Crippen molar-refractivity contribution in [2.75, 3.05) is 0 Å². The zero-order valence-electron chi connectivity index (χ0n) is 9.97. The molecule has 18 heavy (non-hydrogen) atoms. The number of aromatic nitrogens is 1. The van der Waals surface area contributed by atoms with Crippen LogP contribution in [0.4, 0.5) is 0 Å². The Morgan fingerprint density at radius 2 is 1.83 bits per heavy atom. The van der Waals surface area contributed by atoms with E-state index in [0.29, 0.717) is 0 Å². The highest BCUT2D eigenvalue weighted by molar-refractivity contribution is 7.19. The average molecular weight is 249 g/mol. The summed E-state index contributed by atoms with van der Waals surface area (Å²) in [7, 11) is 0. The fourth-order valence-corrected chi connectivity index (χ4v) is 2.91. The summed E-state index contributed by atoms with van der Waals surface area (Å²) in [6.45, 7) is 2.12. The largest absolute Gasteiger partial charge is 0.248 e. The highest BCUT2D eigenvalue weighted by atomic mass is 32.1. The van der Waals surface area contributed by atoms with Gasteiger partial charge in [-0.3, -0.25) is 0 Å². The number of nitrogens with zero attached hydrogens (tertiary/aromatic N) is 1. The molecule has 0 aliphatic rings. The molecule has 1 nitrogen and oxygen atoms in total. The van der Waals surface area contributed by atoms with Gasteiger partial charge in [0, 0.05) is 26.7 Å². The first-order valence-electron chi connectivity index (χ1n) is 5.76. The molecular formula is C16H11NS. The molecule has 3 aromatic rings. The van der Waals surface area contributed by atoms with Gasteiger partial charge in [-0.05, 0) is 31.0 Å². The second-order valence-electron chi connectivity index (χ2n) is 3.99. The molecule has 0 saturated heterocycles. The predicted octanol–water partition coefficient (Wildman–Crippen LogP) is 4.00. The summed E-state index contributed by atoms with van der Waals surface area (Å²) >= 11 is 1.79. The van der Waals surface area contributed by atoms with Crippen LogP contribution in [0.5, 0.6) is 0 Å².